The highest BCUT2D eigenvalue weighted by Gasteiger charge is 2.28. The van der Waals surface area contributed by atoms with Crippen molar-refractivity contribution in [2.24, 2.45) is 0 Å². The lowest BCUT2D eigenvalue weighted by Crippen LogP contribution is -2.51. The summed E-state index contributed by atoms with van der Waals surface area (Å²) in [5.41, 5.74) is 0.778. The van der Waals surface area contributed by atoms with E-state index < -0.39 is 24.5 Å². The van der Waals surface area contributed by atoms with Crippen LogP contribution < -0.4 is 5.32 Å². The van der Waals surface area contributed by atoms with Gasteiger partial charge in [-0.1, -0.05) is 30.3 Å². The molecular weight excluding hydrogens is 310 g/mol. The standard InChI is InChI=1S/C17H21N3O4/c1-3-18-16(23)19(4-2)17(24)20(12-13-21)15(22)11-10-14-8-6-5-7-9-14/h5-11,13H,3-4,12H2,1-2H3,(H,18,23)/b11-10+. The number of aldehydes is 1. The van der Waals surface area contributed by atoms with E-state index in [1.165, 1.54) is 12.2 Å². The molecule has 0 bridgehead atoms. The highest BCUT2D eigenvalue weighted by atomic mass is 16.2. The average molecular weight is 331 g/mol. The minimum absolute atomic E-state index is 0.0791. The van der Waals surface area contributed by atoms with Gasteiger partial charge >= 0.3 is 12.1 Å². The van der Waals surface area contributed by atoms with Gasteiger partial charge in [0.1, 0.15) is 6.29 Å². The van der Waals surface area contributed by atoms with Crippen LogP contribution in [0, 0.1) is 0 Å². The Morgan fingerprint density at radius 2 is 1.75 bits per heavy atom. The third-order valence-electron chi connectivity index (χ3n) is 3.09. The van der Waals surface area contributed by atoms with Gasteiger partial charge in [0.05, 0.1) is 6.54 Å². The fourth-order valence-electron chi connectivity index (χ4n) is 1.92. The number of nitrogens with one attached hydrogen (secondary N) is 1. The maximum Gasteiger partial charge on any atom is 0.335 e. The molecular formula is C17H21N3O4. The number of carbonyl (C=O) groups excluding carboxylic acids is 4. The normalized spacial score (nSPS) is 10.2. The Balaban J connectivity index is 2.93. The molecule has 0 fully saturated rings. The second-order valence-corrected chi connectivity index (χ2v) is 4.72. The molecule has 1 N–H and O–H groups in total. The molecule has 0 aliphatic heterocycles. The minimum Gasteiger partial charge on any atom is -0.338 e. The van der Waals surface area contributed by atoms with E-state index >= 15 is 0 Å². The van der Waals surface area contributed by atoms with Crippen molar-refractivity contribution in [3.63, 3.8) is 0 Å². The lowest BCUT2D eigenvalue weighted by atomic mass is 10.2. The van der Waals surface area contributed by atoms with Gasteiger partial charge in [0.25, 0.3) is 5.91 Å². The third kappa shape index (κ3) is 5.35. The molecule has 24 heavy (non-hydrogen) atoms. The van der Waals surface area contributed by atoms with Crippen molar-refractivity contribution in [2.75, 3.05) is 19.6 Å². The summed E-state index contributed by atoms with van der Waals surface area (Å²) in [5, 5.41) is 2.49. The predicted octanol–water partition coefficient (Wildman–Crippen LogP) is 1.90. The highest BCUT2D eigenvalue weighted by molar-refractivity contribution is 6.07. The van der Waals surface area contributed by atoms with Crippen LogP contribution in [0.15, 0.2) is 36.4 Å². The van der Waals surface area contributed by atoms with Crippen LogP contribution in [0.25, 0.3) is 6.08 Å². The van der Waals surface area contributed by atoms with Gasteiger partial charge in [-0.3, -0.25) is 9.69 Å². The molecule has 0 aliphatic rings. The van der Waals surface area contributed by atoms with Gasteiger partial charge in [0, 0.05) is 19.2 Å². The number of imide groups is 2. The number of amides is 5. The topological polar surface area (TPSA) is 86.8 Å². The fourth-order valence-corrected chi connectivity index (χ4v) is 1.92. The third-order valence-corrected chi connectivity index (χ3v) is 3.09. The van der Waals surface area contributed by atoms with Gasteiger partial charge in [0.2, 0.25) is 0 Å². The van der Waals surface area contributed by atoms with Gasteiger partial charge < -0.3 is 10.1 Å². The van der Waals surface area contributed by atoms with Gasteiger partial charge in [-0.25, -0.2) is 14.5 Å². The first-order chi connectivity index (χ1) is 11.5. The van der Waals surface area contributed by atoms with Crippen molar-refractivity contribution in [3.8, 4) is 0 Å². The Morgan fingerprint density at radius 3 is 2.29 bits per heavy atom. The lowest BCUT2D eigenvalue weighted by Gasteiger charge is -2.25. The molecule has 0 aliphatic carbocycles. The van der Waals surface area contributed by atoms with E-state index in [4.69, 9.17) is 0 Å². The van der Waals surface area contributed by atoms with Gasteiger partial charge in [0.15, 0.2) is 0 Å². The van der Waals surface area contributed by atoms with Crippen molar-refractivity contribution in [1.82, 2.24) is 15.1 Å². The maximum absolute atomic E-state index is 12.4. The van der Waals surface area contributed by atoms with Crippen molar-refractivity contribution in [2.45, 2.75) is 13.8 Å². The molecule has 0 spiro atoms. The second kappa shape index (κ2) is 9.94. The van der Waals surface area contributed by atoms with E-state index in [9.17, 15) is 19.2 Å². The second-order valence-electron chi connectivity index (χ2n) is 4.72. The summed E-state index contributed by atoms with van der Waals surface area (Å²) in [5.74, 6) is -0.668. The Labute approximate surface area is 140 Å². The Hall–Kier alpha value is -2.96. The molecule has 0 saturated heterocycles. The zero-order valence-electron chi connectivity index (χ0n) is 13.8. The molecule has 7 heteroatoms. The molecule has 0 saturated carbocycles. The fraction of sp³-hybridized carbons (Fsp3) is 0.294. The monoisotopic (exact) mass is 331 g/mol. The summed E-state index contributed by atoms with van der Waals surface area (Å²) in [7, 11) is 0. The number of nitrogens with zero attached hydrogens (tertiary/aromatic N) is 2. The summed E-state index contributed by atoms with van der Waals surface area (Å²) in [6.07, 6.45) is 3.18. The van der Waals surface area contributed by atoms with Crippen molar-refractivity contribution in [1.29, 1.82) is 0 Å². The summed E-state index contributed by atoms with van der Waals surface area (Å²) >= 11 is 0. The molecule has 1 aromatic rings. The number of hydrogen-bond donors (Lipinski definition) is 1. The number of rotatable bonds is 6. The van der Waals surface area contributed by atoms with Crippen LogP contribution >= 0.6 is 0 Å². The quantitative estimate of drug-likeness (QED) is 0.637. The van der Waals surface area contributed by atoms with Crippen LogP contribution in [0.4, 0.5) is 9.59 Å². The van der Waals surface area contributed by atoms with Crippen molar-refractivity contribution >= 4 is 30.3 Å². The summed E-state index contributed by atoms with van der Waals surface area (Å²) in [6, 6.07) is 7.61. The predicted molar refractivity (Wildman–Crippen MR) is 90.1 cm³/mol. The molecule has 1 rings (SSSR count). The largest absolute Gasteiger partial charge is 0.338 e. The molecule has 0 atom stereocenters. The summed E-state index contributed by atoms with van der Waals surface area (Å²) in [4.78, 5) is 49.0. The first-order valence-corrected chi connectivity index (χ1v) is 7.62. The van der Waals surface area contributed by atoms with E-state index in [2.05, 4.69) is 5.32 Å². The van der Waals surface area contributed by atoms with Crippen LogP contribution in [-0.4, -0.2) is 53.7 Å². The van der Waals surface area contributed by atoms with Crippen LogP contribution in [0.5, 0.6) is 0 Å². The first kappa shape index (κ1) is 19.1. The van der Waals surface area contributed by atoms with Crippen molar-refractivity contribution in [3.05, 3.63) is 42.0 Å². The van der Waals surface area contributed by atoms with E-state index in [-0.39, 0.29) is 6.54 Å². The first-order valence-electron chi connectivity index (χ1n) is 7.62. The molecule has 0 aromatic heterocycles. The molecule has 5 amide bonds. The van der Waals surface area contributed by atoms with E-state index in [0.717, 1.165) is 15.4 Å². The molecule has 0 unspecified atom stereocenters. The average Bonchev–Trinajstić information content (AvgIpc) is 2.59. The van der Waals surface area contributed by atoms with Crippen LogP contribution in [-0.2, 0) is 9.59 Å². The zero-order valence-corrected chi connectivity index (χ0v) is 13.8. The van der Waals surface area contributed by atoms with E-state index in [0.29, 0.717) is 12.8 Å². The molecule has 7 nitrogen and oxygen atoms in total. The van der Waals surface area contributed by atoms with E-state index in [1.54, 1.807) is 26.0 Å². The Bertz CT molecular complexity index is 614. The van der Waals surface area contributed by atoms with Gasteiger partial charge in [-0.15, -0.1) is 0 Å². The molecule has 128 valence electrons. The Morgan fingerprint density at radius 1 is 1.08 bits per heavy atom. The van der Waals surface area contributed by atoms with Crippen LogP contribution in [0.3, 0.4) is 0 Å². The zero-order chi connectivity index (χ0) is 17.9. The summed E-state index contributed by atoms with van der Waals surface area (Å²) < 4.78 is 0. The number of hydrogen-bond acceptors (Lipinski definition) is 4. The summed E-state index contributed by atoms with van der Waals surface area (Å²) in [6.45, 7) is 3.32. The number of benzene rings is 1. The van der Waals surface area contributed by atoms with E-state index in [1.807, 2.05) is 18.2 Å². The number of carbonyl (C=O) groups is 4. The molecule has 0 heterocycles. The van der Waals surface area contributed by atoms with Crippen LogP contribution in [0.2, 0.25) is 0 Å². The molecule has 0 radical (unpaired) electrons. The van der Waals surface area contributed by atoms with Crippen molar-refractivity contribution < 1.29 is 19.2 Å². The van der Waals surface area contributed by atoms with Crippen LogP contribution in [0.1, 0.15) is 19.4 Å². The SMILES string of the molecule is CCNC(=O)N(CC)C(=O)N(CC=O)C(=O)/C=C/c1ccccc1. The highest BCUT2D eigenvalue weighted by Crippen LogP contribution is 2.05. The smallest absolute Gasteiger partial charge is 0.335 e. The molecule has 1 aromatic carbocycles. The minimum atomic E-state index is -0.835. The number of urea groups is 2. The maximum atomic E-state index is 12.4. The Kier molecular flexibility index (Phi) is 7.90. The van der Waals surface area contributed by atoms with Gasteiger partial charge in [-0.2, -0.15) is 0 Å². The lowest BCUT2D eigenvalue weighted by molar-refractivity contribution is -0.125. The van der Waals surface area contributed by atoms with Gasteiger partial charge in [-0.05, 0) is 25.5 Å².